The van der Waals surface area contributed by atoms with E-state index in [9.17, 15) is 5.11 Å². The molecule has 8 nitrogen and oxygen atoms in total. The minimum absolute atomic E-state index is 0.0192. The normalized spacial score (nSPS) is 10.8. The maximum atomic E-state index is 9.29. The van der Waals surface area contributed by atoms with Gasteiger partial charge in [0.15, 0.2) is 11.6 Å². The van der Waals surface area contributed by atoms with Gasteiger partial charge in [-0.15, -0.1) is 0 Å². The average molecular weight is 322 g/mol. The summed E-state index contributed by atoms with van der Waals surface area (Å²) in [5, 5.41) is 17.3. The average Bonchev–Trinajstić information content (AvgIpc) is 3.03. The van der Waals surface area contributed by atoms with Crippen LogP contribution in [-0.2, 0) is 0 Å². The van der Waals surface area contributed by atoms with E-state index in [0.717, 1.165) is 0 Å². The van der Waals surface area contributed by atoms with Gasteiger partial charge in [-0.2, -0.15) is 20.2 Å². The van der Waals surface area contributed by atoms with Crippen molar-refractivity contribution in [2.45, 2.75) is 0 Å². The number of rotatable bonds is 2. The molecule has 3 rings (SSSR count). The zero-order chi connectivity index (χ0) is 13.4. The van der Waals surface area contributed by atoms with E-state index in [2.05, 4.69) is 36.1 Å². The summed E-state index contributed by atoms with van der Waals surface area (Å²) in [5.41, 5.74) is 5.83. The molecule has 0 saturated heterocycles. The van der Waals surface area contributed by atoms with Crippen molar-refractivity contribution in [3.63, 3.8) is 0 Å². The molecule has 96 valence electrons. The summed E-state index contributed by atoms with van der Waals surface area (Å²) in [7, 11) is 0. The van der Waals surface area contributed by atoms with Crippen molar-refractivity contribution in [2.24, 2.45) is 0 Å². The van der Waals surface area contributed by atoms with E-state index in [-0.39, 0.29) is 17.5 Å². The summed E-state index contributed by atoms with van der Waals surface area (Å²) in [5.74, 6) is 1.00. The lowest BCUT2D eigenvalue weighted by Gasteiger charge is -2.08. The second-order valence-electron chi connectivity index (χ2n) is 3.64. The molecule has 0 spiro atoms. The van der Waals surface area contributed by atoms with Gasteiger partial charge in [0.2, 0.25) is 0 Å². The quantitative estimate of drug-likeness (QED) is 0.726. The molecule has 0 aliphatic heterocycles. The highest BCUT2D eigenvalue weighted by Crippen LogP contribution is 2.24. The maximum Gasteiger partial charge on any atom is 0.254 e. The molecule has 19 heavy (non-hydrogen) atoms. The lowest BCUT2D eigenvalue weighted by Crippen LogP contribution is -2.10. The maximum absolute atomic E-state index is 9.29. The Bertz CT molecular complexity index is 722. The number of nitrogen functional groups attached to an aromatic ring is 1. The van der Waals surface area contributed by atoms with Crippen molar-refractivity contribution in [1.29, 1.82) is 0 Å². The van der Waals surface area contributed by atoms with Gasteiger partial charge in [0, 0.05) is 12.4 Å². The summed E-state index contributed by atoms with van der Waals surface area (Å²) >= 11 is 3.32. The van der Waals surface area contributed by atoms with Crippen LogP contribution >= 0.6 is 15.9 Å². The number of halogens is 1. The van der Waals surface area contributed by atoms with Crippen molar-refractivity contribution < 1.29 is 5.11 Å². The number of nitrogens with zero attached hydrogens (tertiary/aromatic N) is 6. The molecular formula is C10H8BrN7O. The highest BCUT2D eigenvalue weighted by Gasteiger charge is 2.14. The number of aromatic nitrogens is 6. The Kier molecular flexibility index (Phi) is 2.67. The Labute approximate surface area is 115 Å². The van der Waals surface area contributed by atoms with Crippen molar-refractivity contribution in [1.82, 2.24) is 29.5 Å². The van der Waals surface area contributed by atoms with E-state index in [4.69, 9.17) is 5.73 Å². The van der Waals surface area contributed by atoms with Crippen molar-refractivity contribution >= 4 is 21.7 Å². The van der Waals surface area contributed by atoms with Crippen LogP contribution in [0.15, 0.2) is 35.3 Å². The second-order valence-corrected chi connectivity index (χ2v) is 4.43. The van der Waals surface area contributed by atoms with Gasteiger partial charge in [-0.3, -0.25) is 0 Å². The first-order chi connectivity index (χ1) is 9.15. The monoisotopic (exact) mass is 321 g/mol. The zero-order valence-corrected chi connectivity index (χ0v) is 11.1. The third-order valence-electron chi connectivity index (χ3n) is 2.34. The largest absolute Gasteiger partial charge is 0.505 e. The third-order valence-corrected chi connectivity index (χ3v) is 3.10. The van der Waals surface area contributed by atoms with E-state index < -0.39 is 0 Å². The first-order valence-corrected chi connectivity index (χ1v) is 6.01. The molecule has 3 N–H and O–H groups in total. The van der Waals surface area contributed by atoms with Crippen LogP contribution in [-0.4, -0.2) is 34.6 Å². The molecule has 3 heterocycles. The number of hydrogen-bond donors (Lipinski definition) is 2. The molecule has 0 saturated carbocycles. The Morgan fingerprint density at radius 1 is 1.21 bits per heavy atom. The van der Waals surface area contributed by atoms with Crippen LogP contribution in [0, 0.1) is 0 Å². The van der Waals surface area contributed by atoms with Crippen LogP contribution in [0.5, 0.6) is 5.75 Å². The van der Waals surface area contributed by atoms with Crippen LogP contribution in [0.3, 0.4) is 0 Å². The van der Waals surface area contributed by atoms with E-state index >= 15 is 0 Å². The molecule has 0 aromatic carbocycles. The molecule has 0 aliphatic carbocycles. The van der Waals surface area contributed by atoms with Crippen LogP contribution in [0.4, 0.5) is 5.82 Å². The topological polar surface area (TPSA) is 108 Å². The molecule has 0 unspecified atom stereocenters. The predicted octanol–water partition coefficient (Wildman–Crippen LogP) is 0.898. The Morgan fingerprint density at radius 3 is 2.68 bits per heavy atom. The van der Waals surface area contributed by atoms with E-state index in [1.807, 2.05) is 0 Å². The van der Waals surface area contributed by atoms with Gasteiger partial charge < -0.3 is 10.8 Å². The highest BCUT2D eigenvalue weighted by molar-refractivity contribution is 9.10. The van der Waals surface area contributed by atoms with Gasteiger partial charge in [0.1, 0.15) is 10.3 Å². The molecular weight excluding hydrogens is 314 g/mol. The number of aromatic hydroxyl groups is 1. The summed E-state index contributed by atoms with van der Waals surface area (Å²) in [6, 6.07) is 1.77. The van der Waals surface area contributed by atoms with Gasteiger partial charge in [0.05, 0.1) is 12.4 Å². The van der Waals surface area contributed by atoms with Gasteiger partial charge in [-0.05, 0) is 22.0 Å². The zero-order valence-electron chi connectivity index (χ0n) is 9.47. The summed E-state index contributed by atoms with van der Waals surface area (Å²) < 4.78 is 3.41. The number of anilines is 1. The number of nitrogens with two attached hydrogens (primary N) is 1. The molecule has 3 aromatic rings. The second kappa shape index (κ2) is 4.35. The SMILES string of the molecule is Nc1nc(-n2cc(O)cn2)nc(-n2cccn2)c1Br. The van der Waals surface area contributed by atoms with E-state index in [1.165, 1.54) is 17.1 Å². The Balaban J connectivity index is 2.18. The van der Waals surface area contributed by atoms with Gasteiger partial charge in [-0.1, -0.05) is 0 Å². The predicted molar refractivity (Wildman–Crippen MR) is 70.1 cm³/mol. The standard InChI is InChI=1S/C10H8BrN7O/c11-7-8(12)15-10(18-5-6(19)4-14-18)16-9(7)17-3-1-2-13-17/h1-5,19H,(H2,12,15,16). The van der Waals surface area contributed by atoms with Crippen molar-refractivity contribution in [3.05, 3.63) is 35.3 Å². The molecule has 0 fully saturated rings. The first-order valence-electron chi connectivity index (χ1n) is 5.22. The fraction of sp³-hybridized carbons (Fsp3) is 0. The smallest absolute Gasteiger partial charge is 0.254 e. The minimum atomic E-state index is 0.0192. The first kappa shape index (κ1) is 11.7. The van der Waals surface area contributed by atoms with Gasteiger partial charge in [-0.25, -0.2) is 9.36 Å². The third kappa shape index (κ3) is 2.03. The summed E-state index contributed by atoms with van der Waals surface area (Å²) in [6.45, 7) is 0. The van der Waals surface area contributed by atoms with Crippen LogP contribution in [0.25, 0.3) is 11.8 Å². The molecule has 0 amide bonds. The Morgan fingerprint density at radius 2 is 2.05 bits per heavy atom. The van der Waals surface area contributed by atoms with E-state index in [0.29, 0.717) is 10.3 Å². The van der Waals surface area contributed by atoms with E-state index in [1.54, 1.807) is 23.1 Å². The Hall–Kier alpha value is -2.42. The van der Waals surface area contributed by atoms with Gasteiger partial charge >= 0.3 is 0 Å². The van der Waals surface area contributed by atoms with Crippen LogP contribution < -0.4 is 5.73 Å². The summed E-state index contributed by atoms with van der Waals surface area (Å²) in [6.07, 6.45) is 6.03. The van der Waals surface area contributed by atoms with Crippen LogP contribution in [0.1, 0.15) is 0 Å². The lowest BCUT2D eigenvalue weighted by molar-refractivity contribution is 0.475. The number of hydrogen-bond acceptors (Lipinski definition) is 6. The fourth-order valence-corrected chi connectivity index (χ4v) is 1.87. The van der Waals surface area contributed by atoms with Crippen molar-refractivity contribution in [2.75, 3.05) is 5.73 Å². The fourth-order valence-electron chi connectivity index (χ4n) is 1.51. The highest BCUT2D eigenvalue weighted by atomic mass is 79.9. The molecule has 0 atom stereocenters. The molecule has 0 aliphatic rings. The molecule has 0 bridgehead atoms. The van der Waals surface area contributed by atoms with Crippen LogP contribution in [0.2, 0.25) is 0 Å². The lowest BCUT2D eigenvalue weighted by atomic mass is 10.5. The molecule has 3 aromatic heterocycles. The molecule has 9 heteroatoms. The summed E-state index contributed by atoms with van der Waals surface area (Å²) in [4.78, 5) is 8.41. The van der Waals surface area contributed by atoms with Crippen molar-refractivity contribution in [3.8, 4) is 17.5 Å². The van der Waals surface area contributed by atoms with Gasteiger partial charge in [0.25, 0.3) is 5.95 Å². The minimum Gasteiger partial charge on any atom is -0.505 e. The molecule has 0 radical (unpaired) electrons.